The monoisotopic (exact) mass is 202 g/mol. The van der Waals surface area contributed by atoms with Crippen molar-refractivity contribution in [2.75, 3.05) is 5.32 Å². The molecule has 0 atom stereocenters. The molecule has 2 aromatic rings. The van der Waals surface area contributed by atoms with Crippen LogP contribution in [0.3, 0.4) is 0 Å². The van der Waals surface area contributed by atoms with Gasteiger partial charge in [0.15, 0.2) is 0 Å². The average molecular weight is 202 g/mol. The van der Waals surface area contributed by atoms with Crippen LogP contribution in [0.1, 0.15) is 11.3 Å². The Hall–Kier alpha value is -1.84. The van der Waals surface area contributed by atoms with Crippen molar-refractivity contribution in [3.05, 3.63) is 41.9 Å². The molecule has 0 bridgehead atoms. The standard InChI is InChI=1S/C11H14N4/c1-9-6-11(14-15(9)2)13-8-10-4-3-5-12-7-10/h3-7H,8H2,1-2H3,(H,13,14). The predicted molar refractivity (Wildman–Crippen MR) is 59.5 cm³/mol. The molecule has 0 saturated carbocycles. The van der Waals surface area contributed by atoms with Gasteiger partial charge in [0.05, 0.1) is 0 Å². The van der Waals surface area contributed by atoms with E-state index >= 15 is 0 Å². The first-order valence-electron chi connectivity index (χ1n) is 4.89. The first-order chi connectivity index (χ1) is 7.25. The van der Waals surface area contributed by atoms with Crippen LogP contribution in [0.5, 0.6) is 0 Å². The highest BCUT2D eigenvalue weighted by Gasteiger charge is 1.99. The summed E-state index contributed by atoms with van der Waals surface area (Å²) in [6.45, 7) is 2.78. The summed E-state index contributed by atoms with van der Waals surface area (Å²) in [5.74, 6) is 0.902. The summed E-state index contributed by atoms with van der Waals surface area (Å²) < 4.78 is 1.85. The molecule has 2 rings (SSSR count). The number of aryl methyl sites for hydroxylation is 2. The second-order valence-corrected chi connectivity index (χ2v) is 3.51. The molecule has 0 unspecified atom stereocenters. The zero-order chi connectivity index (χ0) is 10.7. The quantitative estimate of drug-likeness (QED) is 0.824. The van der Waals surface area contributed by atoms with Gasteiger partial charge in [0.2, 0.25) is 0 Å². The largest absolute Gasteiger partial charge is 0.364 e. The van der Waals surface area contributed by atoms with E-state index in [0.29, 0.717) is 0 Å². The Labute approximate surface area is 89.0 Å². The van der Waals surface area contributed by atoms with Gasteiger partial charge < -0.3 is 5.32 Å². The van der Waals surface area contributed by atoms with Crippen LogP contribution < -0.4 is 5.32 Å². The van der Waals surface area contributed by atoms with E-state index in [0.717, 1.165) is 23.6 Å². The van der Waals surface area contributed by atoms with Gasteiger partial charge in [0.25, 0.3) is 0 Å². The highest BCUT2D eigenvalue weighted by atomic mass is 15.3. The van der Waals surface area contributed by atoms with Gasteiger partial charge in [-0.1, -0.05) is 6.07 Å². The lowest BCUT2D eigenvalue weighted by molar-refractivity contribution is 0.741. The van der Waals surface area contributed by atoms with Gasteiger partial charge in [-0.05, 0) is 18.6 Å². The predicted octanol–water partition coefficient (Wildman–Crippen LogP) is 1.74. The summed E-state index contributed by atoms with van der Waals surface area (Å²) in [6, 6.07) is 5.99. The number of rotatable bonds is 3. The van der Waals surface area contributed by atoms with Gasteiger partial charge in [-0.2, -0.15) is 5.10 Å². The molecular weight excluding hydrogens is 188 g/mol. The van der Waals surface area contributed by atoms with Crippen LogP contribution in [0, 0.1) is 6.92 Å². The lowest BCUT2D eigenvalue weighted by Crippen LogP contribution is -2.01. The number of nitrogens with zero attached hydrogens (tertiary/aromatic N) is 3. The SMILES string of the molecule is Cc1cc(NCc2cccnc2)nn1C. The molecule has 0 aliphatic rings. The third-order valence-electron chi connectivity index (χ3n) is 2.31. The minimum atomic E-state index is 0.754. The fourth-order valence-electron chi connectivity index (χ4n) is 1.34. The molecule has 4 nitrogen and oxygen atoms in total. The molecule has 78 valence electrons. The van der Waals surface area contributed by atoms with Crippen LogP contribution in [-0.4, -0.2) is 14.8 Å². The Bertz CT molecular complexity index is 414. The van der Waals surface area contributed by atoms with Crippen LogP contribution in [0.2, 0.25) is 0 Å². The first-order valence-corrected chi connectivity index (χ1v) is 4.89. The minimum Gasteiger partial charge on any atom is -0.364 e. The number of hydrogen-bond donors (Lipinski definition) is 1. The van der Waals surface area contributed by atoms with E-state index in [-0.39, 0.29) is 0 Å². The van der Waals surface area contributed by atoms with E-state index < -0.39 is 0 Å². The fourth-order valence-corrected chi connectivity index (χ4v) is 1.34. The molecular formula is C11H14N4. The zero-order valence-corrected chi connectivity index (χ0v) is 8.94. The maximum Gasteiger partial charge on any atom is 0.148 e. The molecule has 2 heterocycles. The molecule has 0 radical (unpaired) electrons. The van der Waals surface area contributed by atoms with Crippen molar-refractivity contribution >= 4 is 5.82 Å². The van der Waals surface area contributed by atoms with Gasteiger partial charge >= 0.3 is 0 Å². The van der Waals surface area contributed by atoms with Gasteiger partial charge in [0.1, 0.15) is 5.82 Å². The van der Waals surface area contributed by atoms with Gasteiger partial charge in [0, 0.05) is 37.7 Å². The van der Waals surface area contributed by atoms with Crippen LogP contribution in [0.4, 0.5) is 5.82 Å². The number of hydrogen-bond acceptors (Lipinski definition) is 3. The Morgan fingerprint density at radius 1 is 1.47 bits per heavy atom. The molecule has 0 aromatic carbocycles. The van der Waals surface area contributed by atoms with Crippen molar-refractivity contribution in [3.8, 4) is 0 Å². The second kappa shape index (κ2) is 4.13. The molecule has 0 spiro atoms. The summed E-state index contributed by atoms with van der Waals surface area (Å²) in [4.78, 5) is 4.05. The van der Waals surface area contributed by atoms with E-state index in [1.807, 2.05) is 43.0 Å². The topological polar surface area (TPSA) is 42.7 Å². The molecule has 4 heteroatoms. The van der Waals surface area contributed by atoms with Crippen LogP contribution in [-0.2, 0) is 13.6 Å². The third-order valence-corrected chi connectivity index (χ3v) is 2.31. The Morgan fingerprint density at radius 3 is 2.93 bits per heavy atom. The van der Waals surface area contributed by atoms with Crippen molar-refractivity contribution in [3.63, 3.8) is 0 Å². The zero-order valence-electron chi connectivity index (χ0n) is 8.94. The minimum absolute atomic E-state index is 0.754. The number of anilines is 1. The fraction of sp³-hybridized carbons (Fsp3) is 0.273. The lowest BCUT2D eigenvalue weighted by Gasteiger charge is -2.01. The lowest BCUT2D eigenvalue weighted by atomic mass is 10.3. The molecule has 0 amide bonds. The number of nitrogens with one attached hydrogen (secondary N) is 1. The van der Waals surface area contributed by atoms with Crippen molar-refractivity contribution in [1.82, 2.24) is 14.8 Å². The summed E-state index contributed by atoms with van der Waals surface area (Å²) in [7, 11) is 1.94. The molecule has 0 aliphatic carbocycles. The molecule has 0 saturated heterocycles. The van der Waals surface area contributed by atoms with Crippen LogP contribution in [0.15, 0.2) is 30.6 Å². The second-order valence-electron chi connectivity index (χ2n) is 3.51. The van der Waals surface area contributed by atoms with E-state index in [1.54, 1.807) is 6.20 Å². The van der Waals surface area contributed by atoms with E-state index in [2.05, 4.69) is 15.4 Å². The summed E-state index contributed by atoms with van der Waals surface area (Å²) in [6.07, 6.45) is 3.62. The summed E-state index contributed by atoms with van der Waals surface area (Å²) in [5, 5.41) is 7.56. The Morgan fingerprint density at radius 2 is 2.33 bits per heavy atom. The average Bonchev–Trinajstić information content (AvgIpc) is 2.57. The van der Waals surface area contributed by atoms with Crippen molar-refractivity contribution in [2.45, 2.75) is 13.5 Å². The highest BCUT2D eigenvalue weighted by Crippen LogP contribution is 2.08. The molecule has 15 heavy (non-hydrogen) atoms. The Kier molecular flexibility index (Phi) is 2.67. The highest BCUT2D eigenvalue weighted by molar-refractivity contribution is 5.36. The maximum absolute atomic E-state index is 4.31. The normalized spacial score (nSPS) is 10.3. The van der Waals surface area contributed by atoms with Crippen molar-refractivity contribution in [1.29, 1.82) is 0 Å². The summed E-state index contributed by atoms with van der Waals surface area (Å²) in [5.41, 5.74) is 2.30. The van der Waals surface area contributed by atoms with E-state index in [9.17, 15) is 0 Å². The van der Waals surface area contributed by atoms with Crippen LogP contribution in [0.25, 0.3) is 0 Å². The van der Waals surface area contributed by atoms with E-state index in [4.69, 9.17) is 0 Å². The van der Waals surface area contributed by atoms with Gasteiger partial charge in [-0.25, -0.2) is 0 Å². The molecule has 2 aromatic heterocycles. The number of pyridine rings is 1. The van der Waals surface area contributed by atoms with E-state index in [1.165, 1.54) is 0 Å². The number of aromatic nitrogens is 3. The van der Waals surface area contributed by atoms with Crippen molar-refractivity contribution < 1.29 is 0 Å². The molecule has 0 fully saturated rings. The van der Waals surface area contributed by atoms with Crippen molar-refractivity contribution in [2.24, 2.45) is 7.05 Å². The first kappa shape index (κ1) is 9.71. The third kappa shape index (κ3) is 2.34. The van der Waals surface area contributed by atoms with Gasteiger partial charge in [-0.3, -0.25) is 9.67 Å². The Balaban J connectivity index is 1.99. The summed E-state index contributed by atoms with van der Waals surface area (Å²) >= 11 is 0. The molecule has 0 aliphatic heterocycles. The molecule has 1 N–H and O–H groups in total. The van der Waals surface area contributed by atoms with Crippen LogP contribution >= 0.6 is 0 Å². The maximum atomic E-state index is 4.31. The van der Waals surface area contributed by atoms with Gasteiger partial charge in [-0.15, -0.1) is 0 Å². The smallest absolute Gasteiger partial charge is 0.148 e.